The molecule has 7 N–H and O–H groups in total. The maximum atomic E-state index is 9.59. The van der Waals surface area contributed by atoms with E-state index in [0.717, 1.165) is 5.56 Å². The fourth-order valence-corrected chi connectivity index (χ4v) is 1.46. The van der Waals surface area contributed by atoms with Crippen LogP contribution in [0, 0.1) is 6.92 Å². The lowest BCUT2D eigenvalue weighted by atomic mass is 10.1. The highest BCUT2D eigenvalue weighted by Gasteiger charge is 2.23. The Morgan fingerprint density at radius 2 is 1.89 bits per heavy atom. The van der Waals surface area contributed by atoms with Gasteiger partial charge in [-0.05, 0) is 24.6 Å². The molecule has 0 aliphatic heterocycles. The van der Waals surface area contributed by atoms with Crippen LogP contribution in [-0.4, -0.2) is 51.9 Å². The molecule has 102 valence electrons. The predicted molar refractivity (Wildman–Crippen MR) is 69.2 cm³/mol. The molecule has 0 spiro atoms. The minimum Gasteiger partial charge on any atom is -0.398 e. The maximum absolute atomic E-state index is 9.59. The fraction of sp³-hybridized carbons (Fsp3) is 0.500. The lowest BCUT2D eigenvalue weighted by Gasteiger charge is -2.22. The molecule has 0 aliphatic rings. The zero-order valence-electron chi connectivity index (χ0n) is 10.2. The molecule has 0 radical (unpaired) electrons. The van der Waals surface area contributed by atoms with Crippen LogP contribution >= 0.6 is 0 Å². The minimum absolute atomic E-state index is 0.0424. The third-order valence-electron chi connectivity index (χ3n) is 2.77. The molecule has 0 fully saturated rings. The third kappa shape index (κ3) is 3.85. The predicted octanol–water partition coefficient (Wildman–Crippen LogP) is -0.936. The summed E-state index contributed by atoms with van der Waals surface area (Å²) in [5, 5.41) is 39.7. The number of nitrogen functional groups attached to an aromatic ring is 1. The van der Waals surface area contributed by atoms with Crippen LogP contribution in [0.2, 0.25) is 0 Å². The number of aryl methyl sites for hydroxylation is 1. The van der Waals surface area contributed by atoms with Gasteiger partial charge in [-0.15, -0.1) is 0 Å². The van der Waals surface area contributed by atoms with E-state index in [4.69, 9.17) is 15.9 Å². The molecule has 0 saturated heterocycles. The number of aliphatic hydroxyl groups excluding tert-OH is 4. The average molecular weight is 256 g/mol. The lowest BCUT2D eigenvalue weighted by Crippen LogP contribution is -2.42. The van der Waals surface area contributed by atoms with Gasteiger partial charge >= 0.3 is 0 Å². The average Bonchev–Trinajstić information content (AvgIpc) is 2.37. The zero-order valence-corrected chi connectivity index (χ0v) is 10.2. The summed E-state index contributed by atoms with van der Waals surface area (Å²) in [7, 11) is 0. The Hall–Kier alpha value is -1.34. The summed E-state index contributed by atoms with van der Waals surface area (Å²) in [6.45, 7) is 1.33. The molecule has 0 aliphatic carbocycles. The number of nitrogens with one attached hydrogen (secondary N) is 1. The first-order valence-corrected chi connectivity index (χ1v) is 5.70. The van der Waals surface area contributed by atoms with Crippen molar-refractivity contribution >= 4 is 11.4 Å². The van der Waals surface area contributed by atoms with Gasteiger partial charge in [0.05, 0.1) is 12.7 Å². The van der Waals surface area contributed by atoms with Crippen LogP contribution in [-0.2, 0) is 0 Å². The standard InChI is InChI=1S/C12H20N2O4/c1-7-2-3-8(4-9(7)13)14-5-10(16)12(18)11(17)6-15/h2-4,10-12,14-18H,5-6,13H2,1H3/t10-,11+,12-/m0/s1. The summed E-state index contributed by atoms with van der Waals surface area (Å²) >= 11 is 0. The van der Waals surface area contributed by atoms with E-state index in [2.05, 4.69) is 5.32 Å². The molecule has 0 heterocycles. The third-order valence-corrected chi connectivity index (χ3v) is 2.77. The second-order valence-electron chi connectivity index (χ2n) is 4.26. The van der Waals surface area contributed by atoms with E-state index in [1.165, 1.54) is 0 Å². The highest BCUT2D eigenvalue weighted by molar-refractivity contribution is 5.58. The monoisotopic (exact) mass is 256 g/mol. The first kappa shape index (κ1) is 14.7. The summed E-state index contributed by atoms with van der Waals surface area (Å²) in [4.78, 5) is 0. The number of hydrogen-bond acceptors (Lipinski definition) is 6. The van der Waals surface area contributed by atoms with Gasteiger partial charge in [0.25, 0.3) is 0 Å². The molecule has 0 amide bonds. The van der Waals surface area contributed by atoms with Crippen molar-refractivity contribution in [3.8, 4) is 0 Å². The Kier molecular flexibility index (Phi) is 5.36. The van der Waals surface area contributed by atoms with Crippen LogP contribution < -0.4 is 11.1 Å². The lowest BCUT2D eigenvalue weighted by molar-refractivity contribution is -0.0715. The summed E-state index contributed by atoms with van der Waals surface area (Å²) < 4.78 is 0. The molecule has 1 aromatic carbocycles. The van der Waals surface area contributed by atoms with Crippen LogP contribution in [0.4, 0.5) is 11.4 Å². The van der Waals surface area contributed by atoms with Gasteiger partial charge in [0.2, 0.25) is 0 Å². The number of hydrogen-bond donors (Lipinski definition) is 6. The molecule has 6 nitrogen and oxygen atoms in total. The maximum Gasteiger partial charge on any atom is 0.110 e. The van der Waals surface area contributed by atoms with Crippen molar-refractivity contribution < 1.29 is 20.4 Å². The highest BCUT2D eigenvalue weighted by atomic mass is 16.4. The van der Waals surface area contributed by atoms with Gasteiger partial charge < -0.3 is 31.5 Å². The highest BCUT2D eigenvalue weighted by Crippen LogP contribution is 2.17. The zero-order chi connectivity index (χ0) is 13.7. The summed E-state index contributed by atoms with van der Waals surface area (Å²) in [6, 6.07) is 5.35. The Morgan fingerprint density at radius 1 is 1.22 bits per heavy atom. The van der Waals surface area contributed by atoms with Crippen LogP contribution in [0.25, 0.3) is 0 Å². The molecule has 18 heavy (non-hydrogen) atoms. The smallest absolute Gasteiger partial charge is 0.110 e. The van der Waals surface area contributed by atoms with Crippen molar-refractivity contribution in [2.75, 3.05) is 24.2 Å². The molecule has 1 rings (SSSR count). The molecule has 0 bridgehead atoms. The summed E-state index contributed by atoms with van der Waals surface area (Å²) in [5.74, 6) is 0. The molecule has 0 aromatic heterocycles. The quantitative estimate of drug-likeness (QED) is 0.366. The van der Waals surface area contributed by atoms with E-state index in [1.807, 2.05) is 13.0 Å². The molecule has 3 atom stereocenters. The number of benzene rings is 1. The van der Waals surface area contributed by atoms with Crippen molar-refractivity contribution in [3.05, 3.63) is 23.8 Å². The van der Waals surface area contributed by atoms with Gasteiger partial charge in [-0.2, -0.15) is 0 Å². The number of anilines is 2. The van der Waals surface area contributed by atoms with Crippen molar-refractivity contribution in [2.45, 2.75) is 25.2 Å². The SMILES string of the molecule is Cc1ccc(NC[C@H](O)[C@H](O)[C@H](O)CO)cc1N. The van der Waals surface area contributed by atoms with E-state index < -0.39 is 24.9 Å². The van der Waals surface area contributed by atoms with E-state index in [9.17, 15) is 10.2 Å². The van der Waals surface area contributed by atoms with Crippen LogP contribution in [0.3, 0.4) is 0 Å². The van der Waals surface area contributed by atoms with Crippen molar-refractivity contribution in [2.24, 2.45) is 0 Å². The number of rotatable bonds is 6. The minimum atomic E-state index is -1.40. The second-order valence-corrected chi connectivity index (χ2v) is 4.26. The van der Waals surface area contributed by atoms with Gasteiger partial charge in [-0.3, -0.25) is 0 Å². The van der Waals surface area contributed by atoms with Gasteiger partial charge in [0.1, 0.15) is 12.2 Å². The largest absolute Gasteiger partial charge is 0.398 e. The normalized spacial score (nSPS) is 16.1. The van der Waals surface area contributed by atoms with E-state index in [1.54, 1.807) is 12.1 Å². The molecular formula is C12H20N2O4. The van der Waals surface area contributed by atoms with Gasteiger partial charge in [-0.25, -0.2) is 0 Å². The van der Waals surface area contributed by atoms with E-state index in [-0.39, 0.29) is 6.54 Å². The van der Waals surface area contributed by atoms with Crippen LogP contribution in [0.1, 0.15) is 5.56 Å². The van der Waals surface area contributed by atoms with Gasteiger partial charge in [-0.1, -0.05) is 6.07 Å². The second kappa shape index (κ2) is 6.55. The van der Waals surface area contributed by atoms with Gasteiger partial charge in [0.15, 0.2) is 0 Å². The molecule has 6 heteroatoms. The van der Waals surface area contributed by atoms with Crippen LogP contribution in [0.5, 0.6) is 0 Å². The first-order chi connectivity index (χ1) is 8.45. The summed E-state index contributed by atoms with van der Waals surface area (Å²) in [5.41, 5.74) is 8.03. The summed E-state index contributed by atoms with van der Waals surface area (Å²) in [6.07, 6.45) is -3.94. The first-order valence-electron chi connectivity index (χ1n) is 5.70. The van der Waals surface area contributed by atoms with E-state index in [0.29, 0.717) is 11.4 Å². The molecular weight excluding hydrogens is 236 g/mol. The Morgan fingerprint density at radius 3 is 2.44 bits per heavy atom. The Bertz CT molecular complexity index is 386. The fourth-order valence-electron chi connectivity index (χ4n) is 1.46. The van der Waals surface area contributed by atoms with Crippen molar-refractivity contribution in [1.29, 1.82) is 0 Å². The topological polar surface area (TPSA) is 119 Å². The molecule has 0 saturated carbocycles. The molecule has 1 aromatic rings. The Balaban J connectivity index is 2.51. The van der Waals surface area contributed by atoms with Crippen LogP contribution in [0.15, 0.2) is 18.2 Å². The van der Waals surface area contributed by atoms with Crippen molar-refractivity contribution in [3.63, 3.8) is 0 Å². The Labute approximate surface area is 106 Å². The van der Waals surface area contributed by atoms with Gasteiger partial charge in [0, 0.05) is 17.9 Å². The molecule has 0 unspecified atom stereocenters. The van der Waals surface area contributed by atoms with Crippen molar-refractivity contribution in [1.82, 2.24) is 0 Å². The number of aliphatic hydroxyl groups is 4. The number of nitrogens with two attached hydrogens (primary N) is 1. The van der Waals surface area contributed by atoms with E-state index >= 15 is 0 Å².